The second kappa shape index (κ2) is 3.73. The van der Waals surface area contributed by atoms with Crippen LogP contribution in [-0.4, -0.2) is 15.9 Å². The van der Waals surface area contributed by atoms with Crippen molar-refractivity contribution in [3.8, 4) is 0 Å². The summed E-state index contributed by atoms with van der Waals surface area (Å²) in [5.41, 5.74) is 8.24. The molecule has 15 heavy (non-hydrogen) atoms. The van der Waals surface area contributed by atoms with Crippen LogP contribution in [0.3, 0.4) is 0 Å². The van der Waals surface area contributed by atoms with E-state index in [0.29, 0.717) is 0 Å². The van der Waals surface area contributed by atoms with E-state index in [0.717, 1.165) is 10.8 Å². The van der Waals surface area contributed by atoms with Gasteiger partial charge in [0.05, 0.1) is 0 Å². The predicted molar refractivity (Wildman–Crippen MR) is 53.0 cm³/mol. The van der Waals surface area contributed by atoms with Gasteiger partial charge in [-0.2, -0.15) is 0 Å². The highest BCUT2D eigenvalue weighted by atomic mass is 16.1. The van der Waals surface area contributed by atoms with Gasteiger partial charge in [-0.05, 0) is 28.2 Å². The van der Waals surface area contributed by atoms with Gasteiger partial charge in [-0.15, -0.1) is 0 Å². The highest BCUT2D eigenvalue weighted by Crippen LogP contribution is 2.12. The van der Waals surface area contributed by atoms with Crippen molar-refractivity contribution in [3.63, 3.8) is 0 Å². The lowest BCUT2D eigenvalue weighted by Crippen LogP contribution is -1.96. The molecule has 0 radical (unpaired) electrons. The average Bonchev–Trinajstić information content (AvgIpc) is 2.29. The van der Waals surface area contributed by atoms with Gasteiger partial charge >= 0.3 is 0 Å². The van der Waals surface area contributed by atoms with Crippen LogP contribution >= 0.6 is 0 Å². The monoisotopic (exact) mass is 199 g/mol. The summed E-state index contributed by atoms with van der Waals surface area (Å²) >= 11 is 0. The number of carbonyl (C=O) groups is 1. The molecule has 2 aromatic heterocycles. The smallest absolute Gasteiger partial charge is 0.267 e. The Morgan fingerprint density at radius 1 is 1.40 bits per heavy atom. The quantitative estimate of drug-likeness (QED) is 0.399. The van der Waals surface area contributed by atoms with Gasteiger partial charge in [0.15, 0.2) is 0 Å². The number of azide groups is 1. The van der Waals surface area contributed by atoms with E-state index < -0.39 is 5.91 Å². The molecular weight excluding hydrogens is 194 g/mol. The van der Waals surface area contributed by atoms with Crippen LogP contribution in [0.5, 0.6) is 0 Å². The Labute approximate surface area is 84.2 Å². The number of fused-ring (bicyclic) bond motifs is 1. The molecule has 1 amide bonds. The fraction of sp³-hybridized carbons (Fsp3) is 0. The number of pyridine rings is 2. The van der Waals surface area contributed by atoms with Crippen LogP contribution in [0.1, 0.15) is 10.5 Å². The molecule has 0 fully saturated rings. The Balaban J connectivity index is 2.56. The molecule has 6 heteroatoms. The Morgan fingerprint density at radius 3 is 3.07 bits per heavy atom. The number of hydrogen-bond donors (Lipinski definition) is 0. The van der Waals surface area contributed by atoms with E-state index in [1.54, 1.807) is 24.5 Å². The van der Waals surface area contributed by atoms with Crippen molar-refractivity contribution < 1.29 is 4.79 Å². The van der Waals surface area contributed by atoms with Crippen molar-refractivity contribution in [3.05, 3.63) is 46.9 Å². The largest absolute Gasteiger partial charge is 0.285 e. The minimum absolute atomic E-state index is 0.131. The summed E-state index contributed by atoms with van der Waals surface area (Å²) in [5.74, 6) is -0.684. The zero-order valence-corrected chi connectivity index (χ0v) is 7.53. The lowest BCUT2D eigenvalue weighted by Gasteiger charge is -1.97. The molecular formula is C9H5N5O. The van der Waals surface area contributed by atoms with Gasteiger partial charge in [0.25, 0.3) is 5.91 Å². The molecule has 0 spiro atoms. The number of hydrogen-bond acceptors (Lipinski definition) is 3. The molecule has 0 aliphatic rings. The molecule has 0 aromatic carbocycles. The van der Waals surface area contributed by atoms with E-state index in [-0.39, 0.29) is 5.69 Å². The van der Waals surface area contributed by atoms with Crippen LogP contribution in [-0.2, 0) is 0 Å². The first kappa shape index (κ1) is 9.11. The number of aromatic nitrogens is 2. The second-order valence-corrected chi connectivity index (χ2v) is 2.79. The summed E-state index contributed by atoms with van der Waals surface area (Å²) in [6.07, 6.45) is 4.77. The molecule has 0 aliphatic heterocycles. The fourth-order valence-electron chi connectivity index (χ4n) is 1.19. The number of nitrogens with zero attached hydrogens (tertiary/aromatic N) is 5. The van der Waals surface area contributed by atoms with Gasteiger partial charge in [-0.3, -0.25) is 14.8 Å². The van der Waals surface area contributed by atoms with E-state index in [1.165, 1.54) is 6.20 Å². The van der Waals surface area contributed by atoms with Crippen LogP contribution in [0.15, 0.2) is 35.8 Å². The third-order valence-electron chi connectivity index (χ3n) is 1.88. The van der Waals surface area contributed by atoms with Crippen LogP contribution in [0.25, 0.3) is 21.2 Å². The zero-order chi connectivity index (χ0) is 10.7. The first-order chi connectivity index (χ1) is 7.31. The van der Waals surface area contributed by atoms with Crippen molar-refractivity contribution in [2.75, 3.05) is 0 Å². The maximum absolute atomic E-state index is 11.2. The highest BCUT2D eigenvalue weighted by molar-refractivity contribution is 5.96. The van der Waals surface area contributed by atoms with Crippen molar-refractivity contribution >= 4 is 16.7 Å². The van der Waals surface area contributed by atoms with Crippen molar-refractivity contribution in [2.45, 2.75) is 0 Å². The van der Waals surface area contributed by atoms with E-state index in [4.69, 9.17) is 5.53 Å². The van der Waals surface area contributed by atoms with E-state index in [1.807, 2.05) is 0 Å². The van der Waals surface area contributed by atoms with Crippen LogP contribution in [0.2, 0.25) is 0 Å². The van der Waals surface area contributed by atoms with Crippen LogP contribution in [0, 0.1) is 0 Å². The standard InChI is InChI=1S/C9H5N5O/c10-14-13-9(15)8-3-6-1-2-11-4-7(6)5-12-8/h1-5H. The summed E-state index contributed by atoms with van der Waals surface area (Å²) in [7, 11) is 0. The number of rotatable bonds is 1. The molecule has 0 N–H and O–H groups in total. The molecule has 2 heterocycles. The zero-order valence-electron chi connectivity index (χ0n) is 7.53. The summed E-state index contributed by atoms with van der Waals surface area (Å²) < 4.78 is 0. The average molecular weight is 199 g/mol. The Kier molecular flexibility index (Phi) is 2.26. The lowest BCUT2D eigenvalue weighted by atomic mass is 10.2. The minimum Gasteiger partial charge on any atom is -0.285 e. The van der Waals surface area contributed by atoms with Gasteiger partial charge in [0.2, 0.25) is 0 Å². The Morgan fingerprint density at radius 2 is 2.27 bits per heavy atom. The molecule has 0 aliphatic carbocycles. The Hall–Kier alpha value is -2.46. The normalized spacial score (nSPS) is 9.60. The lowest BCUT2D eigenvalue weighted by molar-refractivity contribution is 0.0996. The van der Waals surface area contributed by atoms with E-state index >= 15 is 0 Å². The van der Waals surface area contributed by atoms with E-state index in [2.05, 4.69) is 20.0 Å². The summed E-state index contributed by atoms with van der Waals surface area (Å²) in [6, 6.07) is 3.32. The van der Waals surface area contributed by atoms with E-state index in [9.17, 15) is 4.79 Å². The highest BCUT2D eigenvalue weighted by Gasteiger charge is 2.05. The SMILES string of the molecule is [N-]=[N+]=NC(=O)c1cc2ccncc2cn1. The molecule has 0 atom stereocenters. The van der Waals surface area contributed by atoms with Crippen LogP contribution in [0.4, 0.5) is 0 Å². The van der Waals surface area contributed by atoms with Crippen molar-refractivity contribution in [1.29, 1.82) is 0 Å². The minimum atomic E-state index is -0.684. The summed E-state index contributed by atoms with van der Waals surface area (Å²) in [4.78, 5) is 21.4. The number of carbonyl (C=O) groups excluding carboxylic acids is 1. The second-order valence-electron chi connectivity index (χ2n) is 2.79. The third kappa shape index (κ3) is 1.74. The first-order valence-electron chi connectivity index (χ1n) is 4.10. The summed E-state index contributed by atoms with van der Waals surface area (Å²) in [6.45, 7) is 0. The van der Waals surface area contributed by atoms with Crippen molar-refractivity contribution in [1.82, 2.24) is 9.97 Å². The first-order valence-corrected chi connectivity index (χ1v) is 4.10. The maximum Gasteiger partial charge on any atom is 0.267 e. The third-order valence-corrected chi connectivity index (χ3v) is 1.88. The van der Waals surface area contributed by atoms with Gasteiger partial charge in [-0.1, -0.05) is 0 Å². The predicted octanol–water partition coefficient (Wildman–Crippen LogP) is 2.08. The van der Waals surface area contributed by atoms with Gasteiger partial charge in [0, 0.05) is 28.9 Å². The molecule has 2 rings (SSSR count). The van der Waals surface area contributed by atoms with Gasteiger partial charge in [-0.25, -0.2) is 0 Å². The molecule has 72 valence electrons. The topological polar surface area (TPSA) is 91.6 Å². The van der Waals surface area contributed by atoms with Gasteiger partial charge < -0.3 is 0 Å². The Bertz CT molecular complexity index is 573. The molecule has 0 unspecified atom stereocenters. The molecule has 6 nitrogen and oxygen atoms in total. The van der Waals surface area contributed by atoms with Crippen molar-refractivity contribution in [2.24, 2.45) is 5.11 Å². The molecule has 0 saturated carbocycles. The van der Waals surface area contributed by atoms with Crippen LogP contribution < -0.4 is 0 Å². The van der Waals surface area contributed by atoms with Gasteiger partial charge in [0.1, 0.15) is 5.69 Å². The number of amides is 1. The molecule has 2 aromatic rings. The molecule has 0 bridgehead atoms. The molecule has 0 saturated heterocycles. The summed E-state index contributed by atoms with van der Waals surface area (Å²) in [5, 5.41) is 4.62. The maximum atomic E-state index is 11.2. The fourth-order valence-corrected chi connectivity index (χ4v) is 1.19.